The van der Waals surface area contributed by atoms with Crippen molar-refractivity contribution < 1.29 is 14.3 Å². The van der Waals surface area contributed by atoms with Gasteiger partial charge < -0.3 is 5.11 Å². The van der Waals surface area contributed by atoms with E-state index in [1.807, 2.05) is 11.8 Å². The quantitative estimate of drug-likeness (QED) is 0.765. The topological polar surface area (TPSA) is 40.5 Å². The Kier molecular flexibility index (Phi) is 6.54. The number of nitrogens with zero attached hydrogens (tertiary/aromatic N) is 1. The summed E-state index contributed by atoms with van der Waals surface area (Å²) in [4.78, 5) is 13.8. The van der Waals surface area contributed by atoms with Crippen LogP contribution in [0.3, 0.4) is 0 Å². The third-order valence-electron chi connectivity index (χ3n) is 2.67. The molecule has 0 aliphatic rings. The summed E-state index contributed by atoms with van der Waals surface area (Å²) < 4.78 is 12.7. The minimum Gasteiger partial charge on any atom is -0.395 e. The lowest BCUT2D eigenvalue weighted by molar-refractivity contribution is -0.119. The lowest BCUT2D eigenvalue weighted by atomic mass is 10.1. The number of Topliss-reactive ketones (excluding diaryl/α,β-unsaturated/α-hetero) is 1. The average Bonchev–Trinajstić information content (AvgIpc) is 2.33. The molecule has 0 saturated carbocycles. The number of aliphatic hydroxyl groups excluding tert-OH is 1. The zero-order valence-electron chi connectivity index (χ0n) is 10.7. The number of ketones is 1. The zero-order chi connectivity index (χ0) is 13.4. The Morgan fingerprint density at radius 3 is 2.50 bits per heavy atom. The summed E-state index contributed by atoms with van der Waals surface area (Å²) >= 11 is 0. The summed E-state index contributed by atoms with van der Waals surface area (Å²) in [6.07, 6.45) is 1.26. The standard InChI is InChI=1S/C14H20FNO2/c1-2-7-16(8-9-17)11-14(18)10-12-3-5-13(15)6-4-12/h3-6,17H,2,7-11H2,1H3. The van der Waals surface area contributed by atoms with Crippen LogP contribution in [0.2, 0.25) is 0 Å². The van der Waals surface area contributed by atoms with Crippen molar-refractivity contribution in [2.75, 3.05) is 26.2 Å². The molecule has 3 nitrogen and oxygen atoms in total. The summed E-state index contributed by atoms with van der Waals surface area (Å²) in [5.74, 6) is -0.206. The molecule has 4 heteroatoms. The number of hydrogen-bond donors (Lipinski definition) is 1. The first-order valence-corrected chi connectivity index (χ1v) is 6.25. The van der Waals surface area contributed by atoms with Gasteiger partial charge in [-0.2, -0.15) is 0 Å². The molecule has 0 aliphatic carbocycles. The maximum Gasteiger partial charge on any atom is 0.151 e. The van der Waals surface area contributed by atoms with Gasteiger partial charge in [0.05, 0.1) is 13.2 Å². The van der Waals surface area contributed by atoms with Gasteiger partial charge in [0, 0.05) is 13.0 Å². The molecule has 1 N–H and O–H groups in total. The number of halogens is 1. The van der Waals surface area contributed by atoms with E-state index in [9.17, 15) is 9.18 Å². The second-order valence-corrected chi connectivity index (χ2v) is 4.34. The molecule has 0 amide bonds. The van der Waals surface area contributed by atoms with Crippen LogP contribution >= 0.6 is 0 Å². The Labute approximate surface area is 107 Å². The molecule has 0 fully saturated rings. The maximum atomic E-state index is 12.7. The van der Waals surface area contributed by atoms with Crippen LogP contribution in [0.25, 0.3) is 0 Å². The minimum atomic E-state index is -0.293. The monoisotopic (exact) mass is 253 g/mol. The van der Waals surface area contributed by atoms with Crippen molar-refractivity contribution in [2.24, 2.45) is 0 Å². The molecule has 0 radical (unpaired) electrons. The highest BCUT2D eigenvalue weighted by Crippen LogP contribution is 2.04. The predicted molar refractivity (Wildman–Crippen MR) is 68.9 cm³/mol. The van der Waals surface area contributed by atoms with Gasteiger partial charge in [0.25, 0.3) is 0 Å². The molecule has 0 atom stereocenters. The number of benzene rings is 1. The minimum absolute atomic E-state index is 0.0594. The highest BCUT2D eigenvalue weighted by atomic mass is 19.1. The molecule has 0 bridgehead atoms. The van der Waals surface area contributed by atoms with Gasteiger partial charge in [-0.25, -0.2) is 4.39 Å². The summed E-state index contributed by atoms with van der Waals surface area (Å²) in [6, 6.07) is 5.98. The summed E-state index contributed by atoms with van der Waals surface area (Å²) in [5, 5.41) is 8.90. The third kappa shape index (κ3) is 5.38. The molecule has 100 valence electrons. The fraction of sp³-hybridized carbons (Fsp3) is 0.500. The number of hydrogen-bond acceptors (Lipinski definition) is 3. The van der Waals surface area contributed by atoms with E-state index >= 15 is 0 Å². The maximum absolute atomic E-state index is 12.7. The smallest absolute Gasteiger partial charge is 0.151 e. The first-order valence-electron chi connectivity index (χ1n) is 6.25. The summed E-state index contributed by atoms with van der Waals surface area (Å²) in [7, 11) is 0. The molecule has 18 heavy (non-hydrogen) atoms. The zero-order valence-corrected chi connectivity index (χ0v) is 10.7. The van der Waals surface area contributed by atoms with Crippen LogP contribution in [0, 0.1) is 5.82 Å². The Balaban J connectivity index is 2.46. The Morgan fingerprint density at radius 2 is 1.94 bits per heavy atom. The van der Waals surface area contributed by atoms with Crippen molar-refractivity contribution in [2.45, 2.75) is 19.8 Å². The van der Waals surface area contributed by atoms with Gasteiger partial charge in [-0.05, 0) is 30.7 Å². The van der Waals surface area contributed by atoms with Gasteiger partial charge in [0.15, 0.2) is 5.78 Å². The lowest BCUT2D eigenvalue weighted by Gasteiger charge is -2.19. The predicted octanol–water partition coefficient (Wildman–Crippen LogP) is 1.64. The molecule has 0 aliphatic heterocycles. The Morgan fingerprint density at radius 1 is 1.28 bits per heavy atom. The van der Waals surface area contributed by atoms with Crippen LogP contribution < -0.4 is 0 Å². The molecule has 0 unspecified atom stereocenters. The van der Waals surface area contributed by atoms with E-state index in [4.69, 9.17) is 5.11 Å². The summed E-state index contributed by atoms with van der Waals surface area (Å²) in [6.45, 7) is 3.75. The van der Waals surface area contributed by atoms with E-state index < -0.39 is 0 Å². The van der Waals surface area contributed by atoms with E-state index in [1.54, 1.807) is 12.1 Å². The van der Waals surface area contributed by atoms with Crippen molar-refractivity contribution in [3.8, 4) is 0 Å². The van der Waals surface area contributed by atoms with Gasteiger partial charge in [0.1, 0.15) is 5.82 Å². The normalized spacial score (nSPS) is 10.9. The average molecular weight is 253 g/mol. The highest BCUT2D eigenvalue weighted by Gasteiger charge is 2.10. The molecule has 1 aromatic rings. The second-order valence-electron chi connectivity index (χ2n) is 4.34. The van der Waals surface area contributed by atoms with Crippen LogP contribution in [0.15, 0.2) is 24.3 Å². The molecule has 1 rings (SSSR count). The van der Waals surface area contributed by atoms with E-state index in [0.717, 1.165) is 18.5 Å². The third-order valence-corrected chi connectivity index (χ3v) is 2.67. The van der Waals surface area contributed by atoms with Gasteiger partial charge in [-0.1, -0.05) is 19.1 Å². The Hall–Kier alpha value is -1.26. The number of rotatable bonds is 8. The van der Waals surface area contributed by atoms with Gasteiger partial charge in [-0.3, -0.25) is 9.69 Å². The van der Waals surface area contributed by atoms with E-state index in [-0.39, 0.29) is 18.2 Å². The van der Waals surface area contributed by atoms with Crippen molar-refractivity contribution in [3.63, 3.8) is 0 Å². The fourth-order valence-corrected chi connectivity index (χ4v) is 1.86. The van der Waals surface area contributed by atoms with E-state index in [2.05, 4.69) is 0 Å². The Bertz CT molecular complexity index is 359. The van der Waals surface area contributed by atoms with Gasteiger partial charge in [0.2, 0.25) is 0 Å². The number of aliphatic hydroxyl groups is 1. The molecule has 0 saturated heterocycles. The molecular weight excluding hydrogens is 233 g/mol. The molecule has 1 aromatic carbocycles. The fourth-order valence-electron chi connectivity index (χ4n) is 1.86. The largest absolute Gasteiger partial charge is 0.395 e. The highest BCUT2D eigenvalue weighted by molar-refractivity contribution is 5.82. The van der Waals surface area contributed by atoms with Crippen molar-refractivity contribution in [3.05, 3.63) is 35.6 Å². The lowest BCUT2D eigenvalue weighted by Crippen LogP contribution is -2.33. The van der Waals surface area contributed by atoms with Crippen molar-refractivity contribution in [1.82, 2.24) is 4.90 Å². The van der Waals surface area contributed by atoms with Gasteiger partial charge >= 0.3 is 0 Å². The van der Waals surface area contributed by atoms with E-state index in [1.165, 1.54) is 12.1 Å². The van der Waals surface area contributed by atoms with Crippen LogP contribution in [-0.2, 0) is 11.2 Å². The van der Waals surface area contributed by atoms with Crippen LogP contribution in [0.4, 0.5) is 4.39 Å². The molecule has 0 heterocycles. The second kappa shape index (κ2) is 7.95. The molecule has 0 aromatic heterocycles. The van der Waals surface area contributed by atoms with Crippen LogP contribution in [0.5, 0.6) is 0 Å². The van der Waals surface area contributed by atoms with Gasteiger partial charge in [-0.15, -0.1) is 0 Å². The van der Waals surface area contributed by atoms with E-state index in [0.29, 0.717) is 19.5 Å². The SMILES string of the molecule is CCCN(CCO)CC(=O)Cc1ccc(F)cc1. The molecular formula is C14H20FNO2. The first-order chi connectivity index (χ1) is 8.65. The summed E-state index contributed by atoms with van der Waals surface area (Å²) in [5.41, 5.74) is 0.821. The molecule has 0 spiro atoms. The van der Waals surface area contributed by atoms with Crippen LogP contribution in [-0.4, -0.2) is 42.0 Å². The van der Waals surface area contributed by atoms with Crippen molar-refractivity contribution >= 4 is 5.78 Å². The first kappa shape index (κ1) is 14.8. The van der Waals surface area contributed by atoms with Crippen molar-refractivity contribution in [1.29, 1.82) is 0 Å². The number of carbonyl (C=O) groups is 1. The number of carbonyl (C=O) groups excluding carboxylic acids is 1. The van der Waals surface area contributed by atoms with Crippen LogP contribution in [0.1, 0.15) is 18.9 Å².